The lowest BCUT2D eigenvalue weighted by atomic mass is 10.0. The second-order valence-corrected chi connectivity index (χ2v) is 4.37. The second kappa shape index (κ2) is 4.29. The van der Waals surface area contributed by atoms with E-state index in [1.807, 2.05) is 24.3 Å². The molecule has 0 aliphatic carbocycles. The van der Waals surface area contributed by atoms with Crippen molar-refractivity contribution in [3.63, 3.8) is 0 Å². The number of benzene rings is 1. The van der Waals surface area contributed by atoms with Crippen LogP contribution < -0.4 is 15.4 Å². The molecule has 1 aliphatic rings. The van der Waals surface area contributed by atoms with Gasteiger partial charge in [-0.05, 0) is 18.6 Å². The van der Waals surface area contributed by atoms with E-state index in [1.165, 1.54) is 0 Å². The number of ether oxygens (including phenoxy) is 1. The molecule has 0 saturated carbocycles. The lowest BCUT2D eigenvalue weighted by Crippen LogP contribution is -2.44. The van der Waals surface area contributed by atoms with Crippen molar-refractivity contribution in [2.24, 2.45) is 5.73 Å². The van der Waals surface area contributed by atoms with Gasteiger partial charge in [0.15, 0.2) is 0 Å². The van der Waals surface area contributed by atoms with Crippen LogP contribution in [0, 0.1) is 0 Å². The smallest absolute Gasteiger partial charge is 0.120 e. The van der Waals surface area contributed by atoms with Gasteiger partial charge in [-0.25, -0.2) is 4.39 Å². The second-order valence-electron chi connectivity index (χ2n) is 4.37. The van der Waals surface area contributed by atoms with Gasteiger partial charge in [0.1, 0.15) is 12.4 Å². The van der Waals surface area contributed by atoms with Gasteiger partial charge in [0.2, 0.25) is 0 Å². The molecule has 0 amide bonds. The largest absolute Gasteiger partial charge is 0.497 e. The van der Waals surface area contributed by atoms with Crippen LogP contribution >= 0.6 is 0 Å². The molecule has 4 heteroatoms. The van der Waals surface area contributed by atoms with Crippen molar-refractivity contribution in [1.82, 2.24) is 0 Å². The molecule has 1 fully saturated rings. The van der Waals surface area contributed by atoms with Crippen LogP contribution in [0.2, 0.25) is 0 Å². The van der Waals surface area contributed by atoms with Gasteiger partial charge in [-0.3, -0.25) is 0 Å². The lowest BCUT2D eigenvalue weighted by molar-refractivity contribution is 0.330. The predicted octanol–water partition coefficient (Wildman–Crippen LogP) is 1.57. The predicted molar refractivity (Wildman–Crippen MR) is 62.7 cm³/mol. The van der Waals surface area contributed by atoms with Gasteiger partial charge in [0, 0.05) is 24.8 Å². The van der Waals surface area contributed by atoms with Crippen LogP contribution in [0.25, 0.3) is 0 Å². The number of halogens is 1. The summed E-state index contributed by atoms with van der Waals surface area (Å²) in [6, 6.07) is 7.76. The Hall–Kier alpha value is -1.29. The zero-order valence-corrected chi connectivity index (χ0v) is 9.45. The maximum absolute atomic E-state index is 12.7. The van der Waals surface area contributed by atoms with E-state index in [1.54, 1.807) is 7.11 Å². The molecule has 2 N–H and O–H groups in total. The van der Waals surface area contributed by atoms with Crippen molar-refractivity contribution < 1.29 is 9.13 Å². The maximum atomic E-state index is 12.7. The van der Waals surface area contributed by atoms with E-state index >= 15 is 0 Å². The van der Waals surface area contributed by atoms with Crippen LogP contribution in [0.5, 0.6) is 5.75 Å². The Morgan fingerprint density at radius 2 is 2.38 bits per heavy atom. The van der Waals surface area contributed by atoms with Crippen molar-refractivity contribution in [3.05, 3.63) is 24.3 Å². The SMILES string of the molecule is COc1cccc(N2CCC(N)(CF)C2)c1. The molecule has 0 aromatic heterocycles. The number of hydrogen-bond donors (Lipinski definition) is 1. The first kappa shape index (κ1) is 11.2. The fraction of sp³-hybridized carbons (Fsp3) is 0.500. The number of hydrogen-bond acceptors (Lipinski definition) is 3. The summed E-state index contributed by atoms with van der Waals surface area (Å²) in [4.78, 5) is 2.10. The summed E-state index contributed by atoms with van der Waals surface area (Å²) < 4.78 is 17.9. The molecule has 1 aliphatic heterocycles. The Labute approximate surface area is 95.0 Å². The van der Waals surface area contributed by atoms with Gasteiger partial charge in [-0.2, -0.15) is 0 Å². The third kappa shape index (κ3) is 2.11. The first-order valence-electron chi connectivity index (χ1n) is 5.41. The summed E-state index contributed by atoms with van der Waals surface area (Å²) in [6.45, 7) is 0.901. The Morgan fingerprint density at radius 3 is 3.00 bits per heavy atom. The Balaban J connectivity index is 2.14. The van der Waals surface area contributed by atoms with Crippen molar-refractivity contribution >= 4 is 5.69 Å². The molecule has 1 heterocycles. The molecule has 0 radical (unpaired) electrons. The van der Waals surface area contributed by atoms with Gasteiger partial charge in [0.25, 0.3) is 0 Å². The van der Waals surface area contributed by atoms with E-state index in [0.29, 0.717) is 13.0 Å². The molecule has 1 aromatic rings. The van der Waals surface area contributed by atoms with E-state index in [9.17, 15) is 4.39 Å². The number of anilines is 1. The average Bonchev–Trinajstić information content (AvgIpc) is 2.73. The van der Waals surface area contributed by atoms with Crippen LogP contribution in [0.15, 0.2) is 24.3 Å². The lowest BCUT2D eigenvalue weighted by Gasteiger charge is -2.22. The number of nitrogens with zero attached hydrogens (tertiary/aromatic N) is 1. The van der Waals surface area contributed by atoms with Crippen molar-refractivity contribution in [1.29, 1.82) is 0 Å². The maximum Gasteiger partial charge on any atom is 0.120 e. The molecular formula is C12H17FN2O. The Morgan fingerprint density at radius 1 is 1.56 bits per heavy atom. The molecule has 0 spiro atoms. The van der Waals surface area contributed by atoms with Gasteiger partial charge in [-0.15, -0.1) is 0 Å². The average molecular weight is 224 g/mol. The molecule has 1 unspecified atom stereocenters. The minimum atomic E-state index is -0.678. The van der Waals surface area contributed by atoms with Crippen molar-refractivity contribution in [2.45, 2.75) is 12.0 Å². The van der Waals surface area contributed by atoms with Crippen LogP contribution in [-0.4, -0.2) is 32.4 Å². The highest BCUT2D eigenvalue weighted by Gasteiger charge is 2.34. The highest BCUT2D eigenvalue weighted by molar-refractivity contribution is 5.52. The third-order valence-corrected chi connectivity index (χ3v) is 3.07. The minimum absolute atomic E-state index is 0.465. The summed E-state index contributed by atoms with van der Waals surface area (Å²) in [5.41, 5.74) is 6.27. The zero-order valence-electron chi connectivity index (χ0n) is 9.45. The summed E-state index contributed by atoms with van der Waals surface area (Å²) in [5.74, 6) is 0.812. The highest BCUT2D eigenvalue weighted by atomic mass is 19.1. The van der Waals surface area contributed by atoms with Crippen molar-refractivity contribution in [3.8, 4) is 5.75 Å². The highest BCUT2D eigenvalue weighted by Crippen LogP contribution is 2.27. The fourth-order valence-corrected chi connectivity index (χ4v) is 2.03. The first-order chi connectivity index (χ1) is 7.67. The van der Waals surface area contributed by atoms with E-state index in [0.717, 1.165) is 18.0 Å². The quantitative estimate of drug-likeness (QED) is 0.847. The normalized spacial score (nSPS) is 24.8. The standard InChI is InChI=1S/C12H17FN2O/c1-16-11-4-2-3-10(7-11)15-6-5-12(14,8-13)9-15/h2-4,7H,5-6,8-9,14H2,1H3. The van der Waals surface area contributed by atoms with E-state index in [4.69, 9.17) is 10.5 Å². The molecule has 1 atom stereocenters. The monoisotopic (exact) mass is 224 g/mol. The third-order valence-electron chi connectivity index (χ3n) is 3.07. The van der Waals surface area contributed by atoms with Crippen LogP contribution in [-0.2, 0) is 0 Å². The zero-order chi connectivity index (χ0) is 11.6. The van der Waals surface area contributed by atoms with Crippen LogP contribution in [0.1, 0.15) is 6.42 Å². The number of nitrogens with two attached hydrogens (primary N) is 1. The molecular weight excluding hydrogens is 207 g/mol. The summed E-state index contributed by atoms with van der Waals surface area (Å²) in [7, 11) is 1.64. The topological polar surface area (TPSA) is 38.5 Å². The number of rotatable bonds is 3. The molecule has 1 saturated heterocycles. The minimum Gasteiger partial charge on any atom is -0.497 e. The Kier molecular flexibility index (Phi) is 3.01. The van der Waals surface area contributed by atoms with Crippen LogP contribution in [0.3, 0.4) is 0 Å². The van der Waals surface area contributed by atoms with E-state index in [-0.39, 0.29) is 0 Å². The first-order valence-corrected chi connectivity index (χ1v) is 5.41. The molecule has 2 rings (SSSR count). The van der Waals surface area contributed by atoms with Gasteiger partial charge in [0.05, 0.1) is 12.6 Å². The molecule has 1 aromatic carbocycles. The summed E-state index contributed by atoms with van der Waals surface area (Å²) in [5, 5.41) is 0. The van der Waals surface area contributed by atoms with E-state index in [2.05, 4.69) is 4.90 Å². The molecule has 88 valence electrons. The fourth-order valence-electron chi connectivity index (χ4n) is 2.03. The van der Waals surface area contributed by atoms with Gasteiger partial charge < -0.3 is 15.4 Å². The Bertz CT molecular complexity index is 372. The summed E-state index contributed by atoms with van der Waals surface area (Å²) >= 11 is 0. The van der Waals surface area contributed by atoms with E-state index < -0.39 is 12.2 Å². The molecule has 0 bridgehead atoms. The van der Waals surface area contributed by atoms with Crippen LogP contribution in [0.4, 0.5) is 10.1 Å². The summed E-state index contributed by atoms with van der Waals surface area (Å²) in [6.07, 6.45) is 0.695. The number of alkyl halides is 1. The molecule has 16 heavy (non-hydrogen) atoms. The van der Waals surface area contributed by atoms with Gasteiger partial charge >= 0.3 is 0 Å². The van der Waals surface area contributed by atoms with Gasteiger partial charge in [-0.1, -0.05) is 6.07 Å². The van der Waals surface area contributed by atoms with Crippen molar-refractivity contribution in [2.75, 3.05) is 31.8 Å². The molecule has 3 nitrogen and oxygen atoms in total. The number of methoxy groups -OCH3 is 1.